The summed E-state index contributed by atoms with van der Waals surface area (Å²) in [5.41, 5.74) is 3.13. The monoisotopic (exact) mass is 417 g/mol. The average molecular weight is 417 g/mol. The molecule has 2 aromatic carbocycles. The van der Waals surface area contributed by atoms with Gasteiger partial charge in [0.15, 0.2) is 5.13 Å². The third-order valence-electron chi connectivity index (χ3n) is 4.72. The topological polar surface area (TPSA) is 54.0 Å². The van der Waals surface area contributed by atoms with Gasteiger partial charge in [0, 0.05) is 18.4 Å². The lowest BCUT2D eigenvalue weighted by atomic mass is 10.1. The van der Waals surface area contributed by atoms with Crippen LogP contribution in [-0.4, -0.2) is 17.4 Å². The van der Waals surface area contributed by atoms with Crippen molar-refractivity contribution in [3.8, 4) is 10.4 Å². The molecule has 4 rings (SSSR count). The van der Waals surface area contributed by atoms with E-state index in [4.69, 9.17) is 0 Å². The largest absolute Gasteiger partial charge is 0.416 e. The standard InChI is InChI=1S/C21H18F3N3OS/c22-21(23,24)16-6-3-13(4-7-16)2-1-9-25-20-26-12-18(29-20)14-5-8-17-15(10-14)11-19(28)27-17/h3-8,10,12H,1-2,9,11H2,(H,25,26)(H,27,28). The first kappa shape index (κ1) is 19.4. The van der Waals surface area contributed by atoms with Crippen LogP contribution in [0.2, 0.25) is 0 Å². The number of aryl methyl sites for hydroxylation is 1. The molecular formula is C21H18F3N3OS. The number of nitrogens with zero attached hydrogens (tertiary/aromatic N) is 1. The van der Waals surface area contributed by atoms with Gasteiger partial charge in [0.2, 0.25) is 5.91 Å². The second-order valence-corrected chi connectivity index (χ2v) is 7.88. The molecular weight excluding hydrogens is 399 g/mol. The first-order valence-electron chi connectivity index (χ1n) is 9.17. The fraction of sp³-hybridized carbons (Fsp3) is 0.238. The van der Waals surface area contributed by atoms with Crippen LogP contribution in [0.15, 0.2) is 48.7 Å². The van der Waals surface area contributed by atoms with Gasteiger partial charge in [0.05, 0.1) is 16.9 Å². The minimum Gasteiger partial charge on any atom is -0.361 e. The van der Waals surface area contributed by atoms with Gasteiger partial charge in [-0.1, -0.05) is 29.5 Å². The van der Waals surface area contributed by atoms with E-state index in [1.807, 2.05) is 18.2 Å². The summed E-state index contributed by atoms with van der Waals surface area (Å²) < 4.78 is 37.8. The number of hydrogen-bond acceptors (Lipinski definition) is 4. The van der Waals surface area contributed by atoms with Crippen molar-refractivity contribution in [3.63, 3.8) is 0 Å². The molecule has 29 heavy (non-hydrogen) atoms. The molecule has 0 saturated heterocycles. The third-order valence-corrected chi connectivity index (χ3v) is 5.72. The predicted molar refractivity (Wildman–Crippen MR) is 108 cm³/mol. The fourth-order valence-electron chi connectivity index (χ4n) is 3.22. The van der Waals surface area contributed by atoms with Crippen molar-refractivity contribution in [1.29, 1.82) is 0 Å². The van der Waals surface area contributed by atoms with Crippen LogP contribution < -0.4 is 10.6 Å². The molecule has 2 heterocycles. The smallest absolute Gasteiger partial charge is 0.361 e. The van der Waals surface area contributed by atoms with Crippen LogP contribution in [0.3, 0.4) is 0 Å². The van der Waals surface area contributed by atoms with Gasteiger partial charge in [0.25, 0.3) is 0 Å². The summed E-state index contributed by atoms with van der Waals surface area (Å²) in [6.45, 7) is 0.677. The molecule has 0 atom stereocenters. The molecule has 0 bridgehead atoms. The van der Waals surface area contributed by atoms with Gasteiger partial charge < -0.3 is 10.6 Å². The van der Waals surface area contributed by atoms with Gasteiger partial charge in [0.1, 0.15) is 0 Å². The molecule has 1 aromatic heterocycles. The molecule has 0 spiro atoms. The Hall–Kier alpha value is -2.87. The summed E-state index contributed by atoms with van der Waals surface area (Å²) in [5, 5.41) is 6.87. The molecule has 0 saturated carbocycles. The summed E-state index contributed by atoms with van der Waals surface area (Å²) in [6, 6.07) is 11.2. The van der Waals surface area contributed by atoms with Crippen LogP contribution in [0.1, 0.15) is 23.1 Å². The number of amides is 1. The van der Waals surface area contributed by atoms with Crippen molar-refractivity contribution >= 4 is 28.1 Å². The number of halogens is 3. The molecule has 4 nitrogen and oxygen atoms in total. The highest BCUT2D eigenvalue weighted by atomic mass is 32.1. The van der Waals surface area contributed by atoms with E-state index in [0.29, 0.717) is 19.4 Å². The molecule has 3 aromatic rings. The Morgan fingerprint density at radius 1 is 1.14 bits per heavy atom. The Morgan fingerprint density at radius 3 is 2.69 bits per heavy atom. The number of thiazole rings is 1. The minimum absolute atomic E-state index is 0.0110. The summed E-state index contributed by atoms with van der Waals surface area (Å²) in [4.78, 5) is 16.9. The zero-order chi connectivity index (χ0) is 20.4. The maximum atomic E-state index is 12.6. The van der Waals surface area contributed by atoms with Crippen molar-refractivity contribution in [2.24, 2.45) is 0 Å². The van der Waals surface area contributed by atoms with Gasteiger partial charge in [-0.25, -0.2) is 4.98 Å². The van der Waals surface area contributed by atoms with Crippen molar-refractivity contribution in [2.45, 2.75) is 25.4 Å². The molecule has 1 aliphatic rings. The highest BCUT2D eigenvalue weighted by Crippen LogP contribution is 2.33. The Morgan fingerprint density at radius 2 is 1.93 bits per heavy atom. The summed E-state index contributed by atoms with van der Waals surface area (Å²) >= 11 is 1.53. The summed E-state index contributed by atoms with van der Waals surface area (Å²) in [5.74, 6) is 0.0110. The van der Waals surface area contributed by atoms with E-state index < -0.39 is 11.7 Å². The molecule has 1 aliphatic heterocycles. The van der Waals surface area contributed by atoms with Crippen molar-refractivity contribution < 1.29 is 18.0 Å². The Balaban J connectivity index is 1.29. The number of rotatable bonds is 6. The van der Waals surface area contributed by atoms with E-state index in [1.165, 1.54) is 23.5 Å². The molecule has 8 heteroatoms. The van der Waals surface area contributed by atoms with Crippen LogP contribution in [0.4, 0.5) is 24.0 Å². The Bertz CT molecular complexity index is 1030. The van der Waals surface area contributed by atoms with E-state index in [1.54, 1.807) is 6.20 Å². The maximum absolute atomic E-state index is 12.6. The number of nitrogens with one attached hydrogen (secondary N) is 2. The van der Waals surface area contributed by atoms with E-state index in [2.05, 4.69) is 15.6 Å². The quantitative estimate of drug-likeness (QED) is 0.531. The average Bonchev–Trinajstić information content (AvgIpc) is 3.30. The molecule has 0 fully saturated rings. The third kappa shape index (κ3) is 4.59. The fourth-order valence-corrected chi connectivity index (χ4v) is 4.06. The van der Waals surface area contributed by atoms with Gasteiger partial charge in [-0.15, -0.1) is 0 Å². The second-order valence-electron chi connectivity index (χ2n) is 6.85. The lowest BCUT2D eigenvalue weighted by molar-refractivity contribution is -0.137. The Kier molecular flexibility index (Phi) is 5.27. The number of fused-ring (bicyclic) bond motifs is 1. The summed E-state index contributed by atoms with van der Waals surface area (Å²) in [7, 11) is 0. The van der Waals surface area contributed by atoms with Crippen LogP contribution in [0.25, 0.3) is 10.4 Å². The Labute approximate surface area is 169 Å². The number of carbonyl (C=O) groups is 1. The highest BCUT2D eigenvalue weighted by Gasteiger charge is 2.29. The first-order valence-corrected chi connectivity index (χ1v) is 9.99. The normalized spacial score (nSPS) is 13.3. The number of alkyl halides is 3. The lowest BCUT2D eigenvalue weighted by Crippen LogP contribution is -2.05. The second kappa shape index (κ2) is 7.87. The SMILES string of the molecule is O=C1Cc2cc(-c3cnc(NCCCc4ccc(C(F)(F)F)cc4)s3)ccc2N1. The predicted octanol–water partition coefficient (Wildman–Crippen LogP) is 5.37. The van der Waals surface area contributed by atoms with Gasteiger partial charge >= 0.3 is 6.18 Å². The van der Waals surface area contributed by atoms with E-state index in [-0.39, 0.29) is 5.91 Å². The molecule has 1 amide bonds. The van der Waals surface area contributed by atoms with E-state index in [9.17, 15) is 18.0 Å². The van der Waals surface area contributed by atoms with Gasteiger partial charge in [-0.3, -0.25) is 4.79 Å². The zero-order valence-corrected chi connectivity index (χ0v) is 16.2. The van der Waals surface area contributed by atoms with Crippen LogP contribution in [0, 0.1) is 0 Å². The number of hydrogen-bond donors (Lipinski definition) is 2. The van der Waals surface area contributed by atoms with Crippen LogP contribution >= 0.6 is 11.3 Å². The molecule has 0 aliphatic carbocycles. The maximum Gasteiger partial charge on any atom is 0.416 e. The number of anilines is 2. The number of benzene rings is 2. The number of aromatic nitrogens is 1. The minimum atomic E-state index is -4.30. The molecule has 150 valence electrons. The molecule has 2 N–H and O–H groups in total. The first-order chi connectivity index (χ1) is 13.9. The molecule has 0 unspecified atom stereocenters. The van der Waals surface area contributed by atoms with Crippen LogP contribution in [0.5, 0.6) is 0 Å². The van der Waals surface area contributed by atoms with Crippen molar-refractivity contribution in [2.75, 3.05) is 17.2 Å². The van der Waals surface area contributed by atoms with Crippen LogP contribution in [-0.2, 0) is 23.8 Å². The van der Waals surface area contributed by atoms with E-state index >= 15 is 0 Å². The lowest BCUT2D eigenvalue weighted by Gasteiger charge is -2.08. The number of carbonyl (C=O) groups excluding carboxylic acids is 1. The zero-order valence-electron chi connectivity index (χ0n) is 15.3. The van der Waals surface area contributed by atoms with Crippen molar-refractivity contribution in [1.82, 2.24) is 4.98 Å². The summed E-state index contributed by atoms with van der Waals surface area (Å²) in [6.07, 6.45) is -0.624. The van der Waals surface area contributed by atoms with Crippen molar-refractivity contribution in [3.05, 3.63) is 65.4 Å². The molecule has 0 radical (unpaired) electrons. The highest BCUT2D eigenvalue weighted by molar-refractivity contribution is 7.18. The van der Waals surface area contributed by atoms with Gasteiger partial charge in [-0.2, -0.15) is 13.2 Å². The van der Waals surface area contributed by atoms with Gasteiger partial charge in [-0.05, 0) is 53.8 Å². The van der Waals surface area contributed by atoms with E-state index in [0.717, 1.165) is 50.9 Å².